The molecule has 0 saturated carbocycles. The van der Waals surface area contributed by atoms with Gasteiger partial charge < -0.3 is 21.1 Å². The second kappa shape index (κ2) is 11.3. The van der Waals surface area contributed by atoms with Gasteiger partial charge in [0, 0.05) is 36.4 Å². The largest absolute Gasteiger partial charge is 0.399 e. The lowest BCUT2D eigenvalue weighted by atomic mass is 9.93. The van der Waals surface area contributed by atoms with Crippen LogP contribution in [0.2, 0.25) is 0 Å². The van der Waals surface area contributed by atoms with Gasteiger partial charge in [-0.3, -0.25) is 9.59 Å². The van der Waals surface area contributed by atoms with Crippen LogP contribution in [0.15, 0.2) is 72.8 Å². The fourth-order valence-corrected chi connectivity index (χ4v) is 3.95. The SMILES string of the molecule is CC(=O)N1c2ccc(-c3ccc(C(=O)NCCO)cc3)cc2CC[C@@H]1C.Nc1ccccc1. The summed E-state index contributed by atoms with van der Waals surface area (Å²) >= 11 is 0. The highest BCUT2D eigenvalue weighted by Gasteiger charge is 2.26. The number of fused-ring (bicyclic) bond motifs is 1. The van der Waals surface area contributed by atoms with E-state index in [4.69, 9.17) is 10.8 Å². The van der Waals surface area contributed by atoms with Crippen LogP contribution in [0.3, 0.4) is 0 Å². The molecule has 1 atom stereocenters. The third-order valence-corrected chi connectivity index (χ3v) is 5.63. The number of nitrogens with two attached hydrogens (primary N) is 1. The number of para-hydroxylation sites is 1. The monoisotopic (exact) mass is 445 g/mol. The zero-order valence-corrected chi connectivity index (χ0v) is 19.1. The number of hydrogen-bond acceptors (Lipinski definition) is 4. The minimum Gasteiger partial charge on any atom is -0.399 e. The van der Waals surface area contributed by atoms with Crippen LogP contribution in [0.1, 0.15) is 36.2 Å². The van der Waals surface area contributed by atoms with Gasteiger partial charge in [0.1, 0.15) is 0 Å². The number of nitrogen functional groups attached to an aromatic ring is 1. The summed E-state index contributed by atoms with van der Waals surface area (Å²) in [5.41, 5.74) is 11.0. The van der Waals surface area contributed by atoms with Crippen molar-refractivity contribution in [2.45, 2.75) is 32.7 Å². The molecule has 172 valence electrons. The fourth-order valence-electron chi connectivity index (χ4n) is 3.95. The molecule has 6 nitrogen and oxygen atoms in total. The van der Waals surface area contributed by atoms with E-state index in [9.17, 15) is 9.59 Å². The van der Waals surface area contributed by atoms with Crippen LogP contribution in [0.5, 0.6) is 0 Å². The summed E-state index contributed by atoms with van der Waals surface area (Å²) < 4.78 is 0. The third kappa shape index (κ3) is 6.20. The second-order valence-corrected chi connectivity index (χ2v) is 8.09. The van der Waals surface area contributed by atoms with Gasteiger partial charge in [0.15, 0.2) is 0 Å². The highest BCUT2D eigenvalue weighted by molar-refractivity contribution is 5.95. The van der Waals surface area contributed by atoms with Crippen molar-refractivity contribution in [2.24, 2.45) is 0 Å². The average molecular weight is 446 g/mol. The van der Waals surface area contributed by atoms with Crippen molar-refractivity contribution in [3.8, 4) is 11.1 Å². The summed E-state index contributed by atoms with van der Waals surface area (Å²) in [7, 11) is 0. The van der Waals surface area contributed by atoms with Gasteiger partial charge in [-0.1, -0.05) is 36.4 Å². The van der Waals surface area contributed by atoms with Crippen molar-refractivity contribution in [3.05, 3.63) is 83.9 Å². The first-order valence-corrected chi connectivity index (χ1v) is 11.1. The van der Waals surface area contributed by atoms with E-state index >= 15 is 0 Å². The van der Waals surface area contributed by atoms with Crippen LogP contribution in [-0.2, 0) is 11.2 Å². The molecular formula is C27H31N3O3. The number of aliphatic hydroxyl groups is 1. The molecule has 0 aromatic heterocycles. The van der Waals surface area contributed by atoms with Crippen LogP contribution in [0, 0.1) is 0 Å². The Morgan fingerprint density at radius 3 is 2.27 bits per heavy atom. The Morgan fingerprint density at radius 2 is 1.70 bits per heavy atom. The number of rotatable bonds is 4. The van der Waals surface area contributed by atoms with E-state index < -0.39 is 0 Å². The Balaban J connectivity index is 0.000000374. The normalized spacial score (nSPS) is 14.5. The van der Waals surface area contributed by atoms with E-state index in [1.807, 2.05) is 59.5 Å². The summed E-state index contributed by atoms with van der Waals surface area (Å²) in [4.78, 5) is 25.8. The fraction of sp³-hybridized carbons (Fsp3) is 0.259. The molecule has 0 aliphatic carbocycles. The van der Waals surface area contributed by atoms with E-state index in [1.54, 1.807) is 19.1 Å². The van der Waals surface area contributed by atoms with Gasteiger partial charge in [-0.15, -0.1) is 0 Å². The van der Waals surface area contributed by atoms with Gasteiger partial charge in [0.05, 0.1) is 6.61 Å². The molecule has 1 heterocycles. The van der Waals surface area contributed by atoms with E-state index in [-0.39, 0.29) is 31.0 Å². The number of aliphatic hydroxyl groups excluding tert-OH is 1. The lowest BCUT2D eigenvalue weighted by molar-refractivity contribution is -0.117. The molecule has 0 radical (unpaired) electrons. The Labute approximate surface area is 195 Å². The Morgan fingerprint density at radius 1 is 1.03 bits per heavy atom. The van der Waals surface area contributed by atoms with E-state index in [1.165, 1.54) is 5.56 Å². The number of carbonyl (C=O) groups is 2. The van der Waals surface area contributed by atoms with Crippen molar-refractivity contribution in [2.75, 3.05) is 23.8 Å². The summed E-state index contributed by atoms with van der Waals surface area (Å²) in [5, 5.41) is 11.4. The Bertz CT molecular complexity index is 1080. The molecule has 3 aromatic rings. The summed E-state index contributed by atoms with van der Waals surface area (Å²) in [6, 6.07) is 23.3. The van der Waals surface area contributed by atoms with Crippen molar-refractivity contribution in [3.63, 3.8) is 0 Å². The average Bonchev–Trinajstić information content (AvgIpc) is 2.83. The van der Waals surface area contributed by atoms with Crippen molar-refractivity contribution in [1.29, 1.82) is 0 Å². The number of carbonyl (C=O) groups excluding carboxylic acids is 2. The summed E-state index contributed by atoms with van der Waals surface area (Å²) in [6.07, 6.45) is 1.91. The molecule has 33 heavy (non-hydrogen) atoms. The molecule has 3 aromatic carbocycles. The van der Waals surface area contributed by atoms with Gasteiger partial charge in [0.25, 0.3) is 5.91 Å². The maximum atomic E-state index is 12.0. The Kier molecular flexibility index (Phi) is 8.22. The molecule has 0 unspecified atom stereocenters. The van der Waals surface area contributed by atoms with Gasteiger partial charge >= 0.3 is 0 Å². The first-order chi connectivity index (χ1) is 15.9. The zero-order valence-electron chi connectivity index (χ0n) is 19.1. The minimum atomic E-state index is -0.192. The maximum Gasteiger partial charge on any atom is 0.251 e. The third-order valence-electron chi connectivity index (χ3n) is 5.63. The molecular weight excluding hydrogens is 414 g/mol. The number of amides is 2. The number of nitrogens with zero attached hydrogens (tertiary/aromatic N) is 1. The number of aryl methyl sites for hydroxylation is 1. The summed E-state index contributed by atoms with van der Waals surface area (Å²) in [5.74, 6) is -0.119. The first-order valence-electron chi connectivity index (χ1n) is 11.1. The van der Waals surface area contributed by atoms with E-state index in [0.29, 0.717) is 5.56 Å². The predicted molar refractivity (Wildman–Crippen MR) is 133 cm³/mol. The van der Waals surface area contributed by atoms with Crippen LogP contribution in [-0.4, -0.2) is 36.1 Å². The lowest BCUT2D eigenvalue weighted by Crippen LogP contribution is -2.40. The van der Waals surface area contributed by atoms with Crippen LogP contribution >= 0.6 is 0 Å². The molecule has 0 spiro atoms. The van der Waals surface area contributed by atoms with Crippen molar-refractivity contribution >= 4 is 23.2 Å². The maximum absolute atomic E-state index is 12.0. The van der Waals surface area contributed by atoms with Crippen LogP contribution in [0.4, 0.5) is 11.4 Å². The van der Waals surface area contributed by atoms with Gasteiger partial charge in [0.2, 0.25) is 5.91 Å². The Hall–Kier alpha value is -3.64. The quantitative estimate of drug-likeness (QED) is 0.528. The minimum absolute atomic E-state index is 0.0736. The molecule has 1 aliphatic rings. The number of anilines is 2. The molecule has 0 saturated heterocycles. The van der Waals surface area contributed by atoms with E-state index in [2.05, 4.69) is 18.3 Å². The van der Waals surface area contributed by atoms with Crippen LogP contribution in [0.25, 0.3) is 11.1 Å². The molecule has 4 rings (SSSR count). The first kappa shape index (κ1) is 24.0. The number of nitrogens with one attached hydrogen (secondary N) is 1. The molecule has 1 aliphatic heterocycles. The van der Waals surface area contributed by atoms with Crippen LogP contribution < -0.4 is 16.0 Å². The summed E-state index contributed by atoms with van der Waals surface area (Å²) in [6.45, 7) is 3.87. The van der Waals surface area contributed by atoms with Gasteiger partial charge in [-0.05, 0) is 72.9 Å². The second-order valence-electron chi connectivity index (χ2n) is 8.09. The highest BCUT2D eigenvalue weighted by atomic mass is 16.3. The van der Waals surface area contributed by atoms with E-state index in [0.717, 1.165) is 35.3 Å². The topological polar surface area (TPSA) is 95.7 Å². The lowest BCUT2D eigenvalue weighted by Gasteiger charge is -2.34. The van der Waals surface area contributed by atoms with Gasteiger partial charge in [-0.2, -0.15) is 0 Å². The molecule has 4 N–H and O–H groups in total. The highest BCUT2D eigenvalue weighted by Crippen LogP contribution is 2.34. The predicted octanol–water partition coefficient (Wildman–Crippen LogP) is 4.03. The zero-order chi connectivity index (χ0) is 23.8. The molecule has 2 amide bonds. The molecule has 0 fully saturated rings. The van der Waals surface area contributed by atoms with Gasteiger partial charge in [-0.25, -0.2) is 0 Å². The van der Waals surface area contributed by atoms with Crippen molar-refractivity contribution in [1.82, 2.24) is 5.32 Å². The molecule has 0 bridgehead atoms. The number of benzene rings is 3. The smallest absolute Gasteiger partial charge is 0.251 e. The number of hydrogen-bond donors (Lipinski definition) is 3. The van der Waals surface area contributed by atoms with Crippen molar-refractivity contribution < 1.29 is 14.7 Å². The standard InChI is InChI=1S/C21H24N2O3.C6H7N/c1-14-3-4-19-13-18(9-10-20(19)23(14)15(2)25)16-5-7-17(8-6-16)21(26)22-11-12-24;7-6-4-2-1-3-5-6/h5-10,13-14,24H,3-4,11-12H2,1-2H3,(H,22,26);1-5H,7H2/t14-;/m0./s1. The molecule has 6 heteroatoms.